The molecule has 0 radical (unpaired) electrons. The molecule has 35 heavy (non-hydrogen) atoms. The normalized spacial score (nSPS) is 13.2. The number of ether oxygens (including phenoxy) is 2. The molecule has 0 fully saturated rings. The van der Waals surface area contributed by atoms with Gasteiger partial charge in [-0.2, -0.15) is 13.2 Å². The zero-order valence-corrected chi connectivity index (χ0v) is 18.4. The number of carbonyl (C=O) groups excluding carboxylic acids is 4. The number of alkyl halides is 3. The second-order valence-corrected chi connectivity index (χ2v) is 6.74. The fourth-order valence-corrected chi connectivity index (χ4v) is 2.66. The predicted molar refractivity (Wildman–Crippen MR) is 114 cm³/mol. The summed E-state index contributed by atoms with van der Waals surface area (Å²) >= 11 is 0. The average molecular weight is 495 g/mol. The van der Waals surface area contributed by atoms with Crippen molar-refractivity contribution in [2.24, 2.45) is 10.9 Å². The fourth-order valence-electron chi connectivity index (χ4n) is 2.66. The molecular weight excluding hydrogens is 475 g/mol. The molecule has 2 aromatic rings. The van der Waals surface area contributed by atoms with E-state index in [0.29, 0.717) is 5.56 Å². The first kappa shape index (κ1) is 26.8. The van der Waals surface area contributed by atoms with Gasteiger partial charge in [-0.3, -0.25) is 14.9 Å². The van der Waals surface area contributed by atoms with Crippen LogP contribution in [0.2, 0.25) is 0 Å². The number of hydrogen-bond acceptors (Lipinski definition) is 8. The lowest BCUT2D eigenvalue weighted by Crippen LogP contribution is -2.65. The average Bonchev–Trinajstić information content (AvgIpc) is 2.83. The number of benzene rings is 2. The van der Waals surface area contributed by atoms with Gasteiger partial charge in [0.2, 0.25) is 5.78 Å². The summed E-state index contributed by atoms with van der Waals surface area (Å²) in [5.41, 5.74) is 2.78. The number of amides is 1. The van der Waals surface area contributed by atoms with E-state index < -0.39 is 42.0 Å². The standard InChI is InChI=1S/C22H20F3N3O7/c1-3-16(29)21(35-15-7-5-4-6-8-15,19(31)34-20(32)22(23,24)25)27-18(30)14-11-9-13(10-12-14)17(26)28-33-2/h4-12H,3H2,1-2H3,(H2,26,28)(H,27,30). The van der Waals surface area contributed by atoms with Crippen molar-refractivity contribution in [1.29, 1.82) is 0 Å². The summed E-state index contributed by atoms with van der Waals surface area (Å²) in [5.74, 6) is -7.44. The summed E-state index contributed by atoms with van der Waals surface area (Å²) in [7, 11) is 1.27. The molecule has 0 bridgehead atoms. The second-order valence-electron chi connectivity index (χ2n) is 6.74. The van der Waals surface area contributed by atoms with E-state index in [4.69, 9.17) is 10.5 Å². The molecule has 0 aliphatic carbocycles. The van der Waals surface area contributed by atoms with Crippen LogP contribution in [0, 0.1) is 0 Å². The first-order valence-electron chi connectivity index (χ1n) is 9.85. The van der Waals surface area contributed by atoms with Gasteiger partial charge in [0.1, 0.15) is 12.9 Å². The van der Waals surface area contributed by atoms with Crippen molar-refractivity contribution in [2.75, 3.05) is 7.11 Å². The molecular formula is C22H20F3N3O7. The first-order chi connectivity index (χ1) is 16.4. The summed E-state index contributed by atoms with van der Waals surface area (Å²) in [6.45, 7) is 1.27. The number of Topliss-reactive ketones (excluding diaryl/α,β-unsaturated/α-hetero) is 1. The third-order valence-corrected chi connectivity index (χ3v) is 4.35. The Bertz CT molecular complexity index is 1120. The lowest BCUT2D eigenvalue weighted by molar-refractivity contribution is -0.207. The molecule has 3 N–H and O–H groups in total. The van der Waals surface area contributed by atoms with E-state index in [9.17, 15) is 32.3 Å². The number of rotatable bonds is 9. The van der Waals surface area contributed by atoms with Crippen molar-refractivity contribution in [2.45, 2.75) is 25.2 Å². The monoisotopic (exact) mass is 495 g/mol. The van der Waals surface area contributed by atoms with Gasteiger partial charge < -0.3 is 20.0 Å². The Balaban J connectivity index is 2.49. The number of hydrogen-bond donors (Lipinski definition) is 2. The quantitative estimate of drug-likeness (QED) is 0.134. The number of esters is 2. The Labute approximate surface area is 196 Å². The Morgan fingerprint density at radius 3 is 2.03 bits per heavy atom. The van der Waals surface area contributed by atoms with E-state index >= 15 is 0 Å². The largest absolute Gasteiger partial charge is 0.491 e. The molecule has 2 aromatic carbocycles. The van der Waals surface area contributed by atoms with Gasteiger partial charge in [-0.15, -0.1) is 0 Å². The molecule has 0 aromatic heterocycles. The van der Waals surface area contributed by atoms with E-state index in [-0.39, 0.29) is 17.1 Å². The molecule has 0 spiro atoms. The first-order valence-corrected chi connectivity index (χ1v) is 9.85. The maximum atomic E-state index is 12.9. The number of ketones is 1. The van der Waals surface area contributed by atoms with E-state index in [1.54, 1.807) is 6.07 Å². The molecule has 0 saturated carbocycles. The van der Waals surface area contributed by atoms with Crippen LogP contribution in [0.4, 0.5) is 13.2 Å². The predicted octanol–water partition coefficient (Wildman–Crippen LogP) is 2.07. The highest BCUT2D eigenvalue weighted by atomic mass is 19.4. The van der Waals surface area contributed by atoms with Crippen LogP contribution >= 0.6 is 0 Å². The number of oxime groups is 1. The smallest absolute Gasteiger partial charge is 0.451 e. The number of amidine groups is 1. The molecule has 1 unspecified atom stereocenters. The number of halogens is 3. The van der Waals surface area contributed by atoms with Crippen molar-refractivity contribution in [1.82, 2.24) is 5.32 Å². The van der Waals surface area contributed by atoms with Gasteiger partial charge in [0, 0.05) is 17.5 Å². The topological polar surface area (TPSA) is 146 Å². The fraction of sp³-hybridized carbons (Fsp3) is 0.227. The zero-order chi connectivity index (χ0) is 26.2. The summed E-state index contributed by atoms with van der Waals surface area (Å²) in [5, 5.41) is 5.51. The molecule has 0 aliphatic rings. The van der Waals surface area contributed by atoms with E-state index in [1.165, 1.54) is 62.6 Å². The molecule has 0 heterocycles. The van der Waals surface area contributed by atoms with Crippen LogP contribution < -0.4 is 15.8 Å². The van der Waals surface area contributed by atoms with Crippen LogP contribution in [-0.2, 0) is 24.0 Å². The van der Waals surface area contributed by atoms with Gasteiger partial charge in [0.25, 0.3) is 5.91 Å². The molecule has 0 aliphatic heterocycles. The molecule has 10 nitrogen and oxygen atoms in total. The minimum Gasteiger partial charge on any atom is -0.451 e. The molecule has 186 valence electrons. The molecule has 0 saturated heterocycles. The highest BCUT2D eigenvalue weighted by molar-refractivity contribution is 6.13. The number of carbonyl (C=O) groups is 4. The van der Waals surface area contributed by atoms with E-state index in [0.717, 1.165) is 0 Å². The van der Waals surface area contributed by atoms with Crippen LogP contribution in [0.1, 0.15) is 29.3 Å². The Morgan fingerprint density at radius 1 is 0.943 bits per heavy atom. The number of nitrogens with zero attached hydrogens (tertiary/aromatic N) is 1. The SMILES string of the molecule is CCC(=O)C(NC(=O)c1ccc(C(N)=NOC)cc1)(Oc1ccccc1)C(=O)OC(=O)C(F)(F)F. The van der Waals surface area contributed by atoms with Crippen LogP contribution in [0.3, 0.4) is 0 Å². The van der Waals surface area contributed by atoms with Gasteiger partial charge in [0.05, 0.1) is 0 Å². The highest BCUT2D eigenvalue weighted by Crippen LogP contribution is 2.24. The van der Waals surface area contributed by atoms with Crippen molar-refractivity contribution in [3.05, 3.63) is 65.7 Å². The maximum Gasteiger partial charge on any atom is 0.491 e. The summed E-state index contributed by atoms with van der Waals surface area (Å²) in [4.78, 5) is 54.4. The van der Waals surface area contributed by atoms with E-state index in [2.05, 4.69) is 14.7 Å². The number of nitrogens with two attached hydrogens (primary N) is 1. The van der Waals surface area contributed by atoms with Crippen LogP contribution in [0.5, 0.6) is 5.75 Å². The van der Waals surface area contributed by atoms with Gasteiger partial charge in [-0.05, 0) is 24.3 Å². The Kier molecular flexibility index (Phi) is 8.54. The van der Waals surface area contributed by atoms with Crippen molar-refractivity contribution < 1.29 is 46.7 Å². The van der Waals surface area contributed by atoms with Crippen molar-refractivity contribution in [3.63, 3.8) is 0 Å². The zero-order valence-electron chi connectivity index (χ0n) is 18.4. The number of para-hydroxylation sites is 1. The van der Waals surface area contributed by atoms with Gasteiger partial charge in [-0.25, -0.2) is 9.59 Å². The summed E-state index contributed by atoms with van der Waals surface area (Å²) in [6.07, 6.45) is -6.03. The van der Waals surface area contributed by atoms with Crippen LogP contribution in [-0.4, -0.2) is 48.5 Å². The lowest BCUT2D eigenvalue weighted by Gasteiger charge is -2.31. The van der Waals surface area contributed by atoms with Gasteiger partial charge >= 0.3 is 23.8 Å². The van der Waals surface area contributed by atoms with E-state index in [1.807, 2.05) is 5.32 Å². The molecule has 2 rings (SSSR count). The van der Waals surface area contributed by atoms with Crippen LogP contribution in [0.15, 0.2) is 59.8 Å². The summed E-state index contributed by atoms with van der Waals surface area (Å²) < 4.78 is 47.4. The van der Waals surface area contributed by atoms with Crippen LogP contribution in [0.25, 0.3) is 0 Å². The molecule has 1 atom stereocenters. The second kappa shape index (κ2) is 11.1. The third kappa shape index (κ3) is 6.56. The Hall–Kier alpha value is -4.42. The minimum atomic E-state index is -5.55. The number of nitrogens with one attached hydrogen (secondary N) is 1. The minimum absolute atomic E-state index is 0.0170. The van der Waals surface area contributed by atoms with Crippen molar-refractivity contribution >= 4 is 29.5 Å². The maximum absolute atomic E-state index is 12.9. The van der Waals surface area contributed by atoms with Gasteiger partial charge in [-0.1, -0.05) is 42.4 Å². The van der Waals surface area contributed by atoms with Crippen molar-refractivity contribution in [3.8, 4) is 5.75 Å². The highest BCUT2D eigenvalue weighted by Gasteiger charge is 2.54. The Morgan fingerprint density at radius 2 is 1.51 bits per heavy atom. The lowest BCUT2D eigenvalue weighted by atomic mass is 10.0. The van der Waals surface area contributed by atoms with Gasteiger partial charge in [0.15, 0.2) is 5.84 Å². The third-order valence-electron chi connectivity index (χ3n) is 4.35. The molecule has 13 heteroatoms. The molecule has 1 amide bonds. The summed E-state index contributed by atoms with van der Waals surface area (Å²) in [6, 6.07) is 12.2.